The van der Waals surface area contributed by atoms with E-state index in [4.69, 9.17) is 18.9 Å². The Morgan fingerprint density at radius 2 is 1.90 bits per heavy atom. The van der Waals surface area contributed by atoms with Crippen LogP contribution in [0.2, 0.25) is 0 Å². The molecule has 0 saturated heterocycles. The number of ketones is 1. The molecule has 1 aromatic carbocycles. The summed E-state index contributed by atoms with van der Waals surface area (Å²) >= 11 is 0. The van der Waals surface area contributed by atoms with Gasteiger partial charge in [0.25, 0.3) is 0 Å². The molecule has 2 aliphatic heterocycles. The number of ether oxygens (including phenoxy) is 4. The number of hydrogen-bond donors (Lipinski definition) is 2. The van der Waals surface area contributed by atoms with Crippen molar-refractivity contribution in [3.8, 4) is 11.5 Å². The first kappa shape index (κ1) is 21.2. The minimum atomic E-state index is -0.460. The smallest absolute Gasteiger partial charge is 0.337 e. The lowest BCUT2D eigenvalue weighted by Crippen LogP contribution is -2.43. The lowest BCUT2D eigenvalue weighted by molar-refractivity contribution is -0.138. The van der Waals surface area contributed by atoms with Crippen LogP contribution < -0.4 is 14.8 Å². The van der Waals surface area contributed by atoms with Gasteiger partial charge < -0.3 is 29.2 Å². The topological polar surface area (TPSA) is 98.9 Å². The molecule has 166 valence electrons. The largest absolute Gasteiger partial charge is 0.497 e. The molecule has 2 aliphatic rings. The number of aromatic nitrogens is 1. The van der Waals surface area contributed by atoms with Crippen molar-refractivity contribution in [1.29, 1.82) is 0 Å². The number of nitrogens with one attached hydrogen (secondary N) is 2. The van der Waals surface area contributed by atoms with Crippen molar-refractivity contribution in [3.63, 3.8) is 0 Å². The first-order chi connectivity index (χ1) is 15.0. The van der Waals surface area contributed by atoms with E-state index in [1.165, 1.54) is 13.4 Å². The highest BCUT2D eigenvalue weighted by molar-refractivity contribution is 6.03. The minimum Gasteiger partial charge on any atom is -0.497 e. The summed E-state index contributed by atoms with van der Waals surface area (Å²) in [6.07, 6.45) is 2.21. The number of carbonyl (C=O) groups excluding carboxylic acids is 2. The van der Waals surface area contributed by atoms with Crippen LogP contribution in [0.1, 0.15) is 29.4 Å². The Morgan fingerprint density at radius 3 is 2.61 bits per heavy atom. The molecule has 0 spiro atoms. The number of Topliss-reactive ketones (excluding diaryl/α,β-unsaturated/α-hetero) is 1. The Kier molecular flexibility index (Phi) is 5.91. The van der Waals surface area contributed by atoms with Crippen molar-refractivity contribution in [2.45, 2.75) is 25.9 Å². The summed E-state index contributed by atoms with van der Waals surface area (Å²) in [5.74, 6) is 0.400. The number of H-pyrrole nitrogens is 1. The highest BCUT2D eigenvalue weighted by Gasteiger charge is 2.39. The molecular formula is C23H28N2O6. The van der Waals surface area contributed by atoms with Gasteiger partial charge in [0.2, 0.25) is 0 Å². The maximum atomic E-state index is 13.5. The van der Waals surface area contributed by atoms with Gasteiger partial charge >= 0.3 is 5.97 Å². The number of aromatic amines is 1. The standard InChI is InChI=1S/C23H28N2O6/c1-12-16-10-24-6-5-13-15-8-20(28-2)21(29-3)9-18(15)25-22(13)19(26)7-14(16)17(11-31-12)23(27)30-4/h8-9,11-12,14,16,24-25H,5-7,10H2,1-4H3. The normalized spacial score (nSPS) is 23.8. The van der Waals surface area contributed by atoms with E-state index in [0.29, 0.717) is 42.3 Å². The molecule has 0 saturated carbocycles. The molecule has 1 aromatic heterocycles. The molecule has 2 N–H and O–H groups in total. The van der Waals surface area contributed by atoms with E-state index in [0.717, 1.165) is 16.5 Å². The van der Waals surface area contributed by atoms with Gasteiger partial charge in [-0.15, -0.1) is 0 Å². The van der Waals surface area contributed by atoms with Crippen LogP contribution in [0.15, 0.2) is 24.0 Å². The van der Waals surface area contributed by atoms with Crippen molar-refractivity contribution < 1.29 is 28.5 Å². The van der Waals surface area contributed by atoms with Gasteiger partial charge in [0.15, 0.2) is 17.3 Å². The van der Waals surface area contributed by atoms with Gasteiger partial charge in [-0.05, 0) is 31.5 Å². The van der Waals surface area contributed by atoms with Crippen LogP contribution in [0.4, 0.5) is 0 Å². The predicted molar refractivity (Wildman–Crippen MR) is 115 cm³/mol. The molecule has 3 heterocycles. The number of esters is 1. The molecular weight excluding hydrogens is 400 g/mol. The van der Waals surface area contributed by atoms with Crippen LogP contribution in [0.5, 0.6) is 11.5 Å². The zero-order valence-electron chi connectivity index (χ0n) is 18.2. The summed E-state index contributed by atoms with van der Waals surface area (Å²) < 4.78 is 21.5. The monoisotopic (exact) mass is 428 g/mol. The Balaban J connectivity index is 1.78. The fraction of sp³-hybridized carbons (Fsp3) is 0.478. The quantitative estimate of drug-likeness (QED) is 0.725. The van der Waals surface area contributed by atoms with Gasteiger partial charge in [-0.25, -0.2) is 4.79 Å². The van der Waals surface area contributed by atoms with E-state index >= 15 is 0 Å². The molecule has 2 aromatic rings. The number of methoxy groups -OCH3 is 3. The molecule has 0 radical (unpaired) electrons. The SMILES string of the molecule is COC(=O)C1=COC(C)C2CNCCc3c([nH]c4cc(OC)c(OC)cc34)C(=O)CC12. The zero-order chi connectivity index (χ0) is 22.1. The van der Waals surface area contributed by atoms with Gasteiger partial charge in [0.05, 0.1) is 50.5 Å². The third-order valence-corrected chi connectivity index (χ3v) is 6.38. The number of rotatable bonds is 3. The van der Waals surface area contributed by atoms with Gasteiger partial charge in [-0.1, -0.05) is 0 Å². The van der Waals surface area contributed by atoms with E-state index in [1.807, 2.05) is 19.1 Å². The molecule has 8 nitrogen and oxygen atoms in total. The van der Waals surface area contributed by atoms with Gasteiger partial charge in [-0.2, -0.15) is 0 Å². The van der Waals surface area contributed by atoms with E-state index in [9.17, 15) is 9.59 Å². The first-order valence-electron chi connectivity index (χ1n) is 10.4. The maximum Gasteiger partial charge on any atom is 0.337 e. The average Bonchev–Trinajstić information content (AvgIpc) is 3.14. The maximum absolute atomic E-state index is 13.5. The number of hydrogen-bond acceptors (Lipinski definition) is 7. The van der Waals surface area contributed by atoms with Crippen molar-refractivity contribution >= 4 is 22.7 Å². The summed E-state index contributed by atoms with van der Waals surface area (Å²) in [7, 11) is 4.52. The van der Waals surface area contributed by atoms with Crippen LogP contribution in [0, 0.1) is 11.8 Å². The third kappa shape index (κ3) is 3.76. The van der Waals surface area contributed by atoms with Crippen LogP contribution in [-0.4, -0.2) is 57.3 Å². The minimum absolute atomic E-state index is 0.0193. The second-order valence-electron chi connectivity index (χ2n) is 7.99. The fourth-order valence-electron chi connectivity index (χ4n) is 4.67. The van der Waals surface area contributed by atoms with Crippen molar-refractivity contribution in [1.82, 2.24) is 10.3 Å². The Hall–Kier alpha value is -3.00. The summed E-state index contributed by atoms with van der Waals surface area (Å²) in [4.78, 5) is 29.2. The van der Waals surface area contributed by atoms with E-state index in [1.54, 1.807) is 14.2 Å². The zero-order valence-corrected chi connectivity index (χ0v) is 18.2. The van der Waals surface area contributed by atoms with E-state index in [-0.39, 0.29) is 30.1 Å². The van der Waals surface area contributed by atoms with Gasteiger partial charge in [-0.3, -0.25) is 4.79 Å². The second kappa shape index (κ2) is 8.63. The number of benzene rings is 1. The molecule has 3 atom stereocenters. The van der Waals surface area contributed by atoms with Gasteiger partial charge in [0.1, 0.15) is 0 Å². The van der Waals surface area contributed by atoms with E-state index < -0.39 is 5.97 Å². The van der Waals surface area contributed by atoms with Gasteiger partial charge in [0, 0.05) is 36.3 Å². The van der Waals surface area contributed by atoms with Crippen LogP contribution >= 0.6 is 0 Å². The Bertz CT molecular complexity index is 1040. The van der Waals surface area contributed by atoms with E-state index in [2.05, 4.69) is 10.3 Å². The predicted octanol–water partition coefficient (Wildman–Crippen LogP) is 2.61. The molecule has 8 heteroatoms. The Labute approximate surface area is 180 Å². The molecule has 31 heavy (non-hydrogen) atoms. The lowest BCUT2D eigenvalue weighted by Gasteiger charge is -2.36. The lowest BCUT2D eigenvalue weighted by atomic mass is 9.77. The summed E-state index contributed by atoms with van der Waals surface area (Å²) in [6, 6.07) is 3.75. The molecule has 4 rings (SSSR count). The first-order valence-corrected chi connectivity index (χ1v) is 10.4. The Morgan fingerprint density at radius 1 is 1.16 bits per heavy atom. The summed E-state index contributed by atoms with van der Waals surface area (Å²) in [5.41, 5.74) is 2.73. The molecule has 0 bridgehead atoms. The molecule has 0 aliphatic carbocycles. The average molecular weight is 428 g/mol. The number of carbonyl (C=O) groups is 2. The molecule has 0 fully saturated rings. The fourth-order valence-corrected chi connectivity index (χ4v) is 4.67. The summed E-state index contributed by atoms with van der Waals surface area (Å²) in [6.45, 7) is 3.30. The summed E-state index contributed by atoms with van der Waals surface area (Å²) in [5, 5.41) is 4.42. The van der Waals surface area contributed by atoms with Crippen molar-refractivity contribution in [3.05, 3.63) is 35.2 Å². The molecule has 0 amide bonds. The number of fused-ring (bicyclic) bond motifs is 4. The van der Waals surface area contributed by atoms with Crippen LogP contribution in [0.25, 0.3) is 10.9 Å². The third-order valence-electron chi connectivity index (χ3n) is 6.38. The van der Waals surface area contributed by atoms with Crippen LogP contribution in [0.3, 0.4) is 0 Å². The highest BCUT2D eigenvalue weighted by atomic mass is 16.5. The highest BCUT2D eigenvalue weighted by Crippen LogP contribution is 2.38. The van der Waals surface area contributed by atoms with Crippen molar-refractivity contribution in [2.75, 3.05) is 34.4 Å². The second-order valence-corrected chi connectivity index (χ2v) is 7.99. The van der Waals surface area contributed by atoms with Crippen LogP contribution in [-0.2, 0) is 20.7 Å². The van der Waals surface area contributed by atoms with Crippen molar-refractivity contribution in [2.24, 2.45) is 11.8 Å². The molecule has 3 unspecified atom stereocenters.